The molecule has 2 aliphatic rings. The molecular weight excluding hydrogens is 381 g/mol. The van der Waals surface area contributed by atoms with E-state index in [4.69, 9.17) is 28.0 Å². The predicted molar refractivity (Wildman–Crippen MR) is 109 cm³/mol. The Morgan fingerprint density at radius 1 is 1.50 bits per heavy atom. The average Bonchev–Trinajstić information content (AvgIpc) is 3.03. The number of halogens is 1. The number of hydrogen-bond acceptors (Lipinski definition) is 5. The third-order valence-corrected chi connectivity index (χ3v) is 5.30. The number of thiocarbonyl (C=S) groups is 1. The maximum Gasteiger partial charge on any atom is 0.414 e. The van der Waals surface area contributed by atoms with Gasteiger partial charge in [-0.3, -0.25) is 4.90 Å². The van der Waals surface area contributed by atoms with Crippen LogP contribution in [-0.4, -0.2) is 55.4 Å². The van der Waals surface area contributed by atoms with Crippen molar-refractivity contribution in [3.05, 3.63) is 35.7 Å². The van der Waals surface area contributed by atoms with E-state index in [0.717, 1.165) is 18.4 Å². The van der Waals surface area contributed by atoms with Crippen LogP contribution < -0.4 is 15.5 Å². The van der Waals surface area contributed by atoms with Gasteiger partial charge in [0.1, 0.15) is 11.9 Å². The topological polar surface area (TPSA) is 85.8 Å². The zero-order valence-electron chi connectivity index (χ0n) is 15.6. The van der Waals surface area contributed by atoms with Gasteiger partial charge in [0, 0.05) is 26.2 Å². The maximum atomic E-state index is 14.7. The van der Waals surface area contributed by atoms with Crippen molar-refractivity contribution < 1.29 is 13.9 Å². The van der Waals surface area contributed by atoms with Crippen LogP contribution in [-0.2, 0) is 4.74 Å². The zero-order chi connectivity index (χ0) is 20.3. The number of hydrogen-bond donors (Lipinski definition) is 1. The van der Waals surface area contributed by atoms with E-state index in [0.29, 0.717) is 37.6 Å². The molecule has 2 fully saturated rings. The molecule has 1 atom stereocenters. The standard InChI is InChI=1S/C19H22FN5O2S/c1-23(18(22)28)11-15-12-25(19(26)27-15)14-2-3-17(16(20)10-14)24-8-5-13(4-7-21)6-9-24/h2-4,10,15H,5-6,8-9,11-12H2,1H3,(H2,22,28)/t15-/m1/s1. The Bertz CT molecular complexity index is 843. The van der Waals surface area contributed by atoms with Crippen LogP contribution in [0.1, 0.15) is 12.8 Å². The fraction of sp³-hybridized carbons (Fsp3) is 0.421. The SMILES string of the molecule is CN(C[C@@H]1CN(c2ccc(N3CCC(=CC#N)CC3)c(F)c2)C(=O)O1)C(N)=S. The van der Waals surface area contributed by atoms with Crippen LogP contribution >= 0.6 is 12.2 Å². The maximum absolute atomic E-state index is 14.7. The molecule has 2 N–H and O–H groups in total. The number of ether oxygens (including phenoxy) is 1. The molecule has 0 aromatic heterocycles. The van der Waals surface area contributed by atoms with Crippen molar-refractivity contribution in [3.8, 4) is 6.07 Å². The van der Waals surface area contributed by atoms with Gasteiger partial charge in [-0.1, -0.05) is 5.57 Å². The number of nitrogens with two attached hydrogens (primary N) is 1. The highest BCUT2D eigenvalue weighted by Crippen LogP contribution is 2.30. The van der Waals surface area contributed by atoms with Gasteiger partial charge in [-0.2, -0.15) is 5.26 Å². The van der Waals surface area contributed by atoms with Gasteiger partial charge in [0.2, 0.25) is 0 Å². The van der Waals surface area contributed by atoms with E-state index in [-0.39, 0.29) is 10.9 Å². The van der Waals surface area contributed by atoms with Crippen molar-refractivity contribution in [1.82, 2.24) is 4.90 Å². The lowest BCUT2D eigenvalue weighted by Gasteiger charge is -2.30. The van der Waals surface area contributed by atoms with Crippen LogP contribution in [0.25, 0.3) is 0 Å². The lowest BCUT2D eigenvalue weighted by molar-refractivity contribution is 0.130. The molecule has 1 amide bonds. The smallest absolute Gasteiger partial charge is 0.414 e. The summed E-state index contributed by atoms with van der Waals surface area (Å²) in [5.74, 6) is -0.387. The Labute approximate surface area is 168 Å². The Morgan fingerprint density at radius 2 is 2.21 bits per heavy atom. The second-order valence-corrected chi connectivity index (χ2v) is 7.31. The number of anilines is 2. The summed E-state index contributed by atoms with van der Waals surface area (Å²) in [4.78, 5) is 17.2. The molecule has 1 aromatic rings. The summed E-state index contributed by atoms with van der Waals surface area (Å²) >= 11 is 4.90. The summed E-state index contributed by atoms with van der Waals surface area (Å²) in [6, 6.07) is 6.81. The highest BCUT2D eigenvalue weighted by Gasteiger charge is 2.33. The molecule has 0 aliphatic carbocycles. The van der Waals surface area contributed by atoms with Gasteiger partial charge in [-0.25, -0.2) is 9.18 Å². The van der Waals surface area contributed by atoms with Crippen molar-refractivity contribution in [2.24, 2.45) is 5.73 Å². The summed E-state index contributed by atoms with van der Waals surface area (Å²) in [5, 5.41) is 8.96. The van der Waals surface area contributed by atoms with Gasteiger partial charge in [0.05, 0.1) is 30.5 Å². The lowest BCUT2D eigenvalue weighted by atomic mass is 10.0. The van der Waals surface area contributed by atoms with E-state index in [2.05, 4.69) is 0 Å². The van der Waals surface area contributed by atoms with Crippen molar-refractivity contribution in [1.29, 1.82) is 5.26 Å². The second kappa shape index (κ2) is 8.44. The first-order valence-corrected chi connectivity index (χ1v) is 9.40. The Morgan fingerprint density at radius 3 is 2.82 bits per heavy atom. The number of likely N-dealkylation sites (N-methyl/N-ethyl adjacent to an activating group) is 1. The summed E-state index contributed by atoms with van der Waals surface area (Å²) < 4.78 is 20.1. The number of rotatable bonds is 4. The van der Waals surface area contributed by atoms with Gasteiger partial charge < -0.3 is 20.3 Å². The molecule has 1 aromatic carbocycles. The van der Waals surface area contributed by atoms with Gasteiger partial charge in [-0.05, 0) is 43.3 Å². The normalized spacial score (nSPS) is 19.2. The molecule has 2 saturated heterocycles. The predicted octanol–water partition coefficient (Wildman–Crippen LogP) is 2.38. The van der Waals surface area contributed by atoms with E-state index in [1.54, 1.807) is 30.2 Å². The van der Waals surface area contributed by atoms with E-state index in [9.17, 15) is 9.18 Å². The number of piperidine rings is 1. The fourth-order valence-electron chi connectivity index (χ4n) is 3.41. The molecule has 0 radical (unpaired) electrons. The highest BCUT2D eigenvalue weighted by atomic mass is 32.1. The third kappa shape index (κ3) is 4.34. The quantitative estimate of drug-likeness (QED) is 0.610. The van der Waals surface area contributed by atoms with Crippen LogP contribution in [0.3, 0.4) is 0 Å². The monoisotopic (exact) mass is 403 g/mol. The van der Waals surface area contributed by atoms with E-state index < -0.39 is 12.2 Å². The first kappa shape index (κ1) is 19.9. The van der Waals surface area contributed by atoms with Crippen LogP contribution in [0.5, 0.6) is 0 Å². The molecule has 9 heteroatoms. The van der Waals surface area contributed by atoms with Crippen LogP contribution in [0, 0.1) is 17.1 Å². The largest absolute Gasteiger partial charge is 0.442 e. The Kier molecular flexibility index (Phi) is 5.99. The molecule has 0 spiro atoms. The van der Waals surface area contributed by atoms with Crippen LogP contribution in [0.15, 0.2) is 29.8 Å². The van der Waals surface area contributed by atoms with Crippen molar-refractivity contribution >= 4 is 34.8 Å². The van der Waals surface area contributed by atoms with Crippen molar-refractivity contribution in [3.63, 3.8) is 0 Å². The highest BCUT2D eigenvalue weighted by molar-refractivity contribution is 7.80. The minimum absolute atomic E-state index is 0.221. The molecule has 0 unspecified atom stereocenters. The summed E-state index contributed by atoms with van der Waals surface area (Å²) in [7, 11) is 1.73. The zero-order valence-corrected chi connectivity index (χ0v) is 16.4. The molecule has 0 bridgehead atoms. The summed E-state index contributed by atoms with van der Waals surface area (Å²) in [6.45, 7) is 1.99. The van der Waals surface area contributed by atoms with Gasteiger partial charge in [-0.15, -0.1) is 0 Å². The van der Waals surface area contributed by atoms with E-state index in [1.165, 1.54) is 11.0 Å². The molecule has 28 heavy (non-hydrogen) atoms. The summed E-state index contributed by atoms with van der Waals surface area (Å²) in [5.41, 5.74) is 7.59. The first-order chi connectivity index (χ1) is 13.4. The first-order valence-electron chi connectivity index (χ1n) is 8.99. The molecular formula is C19H22FN5O2S. The molecule has 3 rings (SSSR count). The number of carbonyl (C=O) groups excluding carboxylic acids is 1. The van der Waals surface area contributed by atoms with Gasteiger partial charge in [0.25, 0.3) is 0 Å². The van der Waals surface area contributed by atoms with Gasteiger partial charge in [0.15, 0.2) is 5.11 Å². The van der Waals surface area contributed by atoms with Crippen molar-refractivity contribution in [2.75, 3.05) is 43.0 Å². The minimum Gasteiger partial charge on any atom is -0.442 e. The lowest BCUT2D eigenvalue weighted by Crippen LogP contribution is -2.39. The van der Waals surface area contributed by atoms with Crippen molar-refractivity contribution in [2.45, 2.75) is 18.9 Å². The van der Waals surface area contributed by atoms with Crippen LogP contribution in [0.2, 0.25) is 0 Å². The molecule has 2 heterocycles. The van der Waals surface area contributed by atoms with Crippen LogP contribution in [0.4, 0.5) is 20.6 Å². The number of nitrogens with zero attached hydrogens (tertiary/aromatic N) is 4. The number of carbonyl (C=O) groups is 1. The number of benzene rings is 1. The number of allylic oxidation sites excluding steroid dienone is 1. The number of cyclic esters (lactones) is 1. The Hall–Kier alpha value is -2.86. The molecule has 148 valence electrons. The number of amides is 1. The average molecular weight is 403 g/mol. The summed E-state index contributed by atoms with van der Waals surface area (Å²) in [6.07, 6.45) is 2.14. The molecule has 0 saturated carbocycles. The molecule has 2 aliphatic heterocycles. The fourth-order valence-corrected chi connectivity index (χ4v) is 3.49. The number of nitriles is 1. The third-order valence-electron chi connectivity index (χ3n) is 4.99. The molecule has 7 nitrogen and oxygen atoms in total. The minimum atomic E-state index is -0.516. The van der Waals surface area contributed by atoms with Gasteiger partial charge >= 0.3 is 6.09 Å². The Balaban J connectivity index is 1.67. The second-order valence-electron chi connectivity index (χ2n) is 6.89. The van der Waals surface area contributed by atoms with E-state index >= 15 is 0 Å². The van der Waals surface area contributed by atoms with E-state index in [1.807, 2.05) is 11.0 Å².